The Hall–Kier alpha value is -6.68. The molecule has 0 bridgehead atoms. The van der Waals surface area contributed by atoms with Crippen LogP contribution in [0.15, 0.2) is 169 Å². The third kappa shape index (κ3) is 17.4. The smallest absolute Gasteiger partial charge is 0.00203 e. The van der Waals surface area contributed by atoms with Crippen LogP contribution < -0.4 is 0 Å². The summed E-state index contributed by atoms with van der Waals surface area (Å²) in [6, 6.07) is 56.5. The molecule has 0 nitrogen and oxygen atoms in total. The highest BCUT2D eigenvalue weighted by Gasteiger charge is 2.16. The molecule has 398 valence electrons. The van der Waals surface area contributed by atoms with E-state index in [0.717, 1.165) is 19.3 Å². The fraction of sp³-hybridized carbons (Fsp3) is 0.333. The van der Waals surface area contributed by atoms with Gasteiger partial charge in [0, 0.05) is 0 Å². The lowest BCUT2D eigenvalue weighted by atomic mass is 9.87. The topological polar surface area (TPSA) is 0 Å². The van der Waals surface area contributed by atoms with Crippen molar-refractivity contribution in [2.45, 2.75) is 171 Å². The Labute approximate surface area is 459 Å². The first kappa shape index (κ1) is 66.3. The van der Waals surface area contributed by atoms with Crippen molar-refractivity contribution < 1.29 is 0 Å². The van der Waals surface area contributed by atoms with E-state index in [1.165, 1.54) is 128 Å². The SMILES string of the molecule is C#CC.CC.CC.CC.CC.CC.CC.CC1=C(c2cc(-c3ccc(C)c4ccccc34)ccc2C)CCC=C1.CCC.CCCc1ccc(-c2ccc3ccc4c(-c5ccc(C)cc5)ccc5ccc2c3c54)cc1. The average molecular weight is 1000 g/mol. The molecule has 1 aliphatic carbocycles. The van der Waals surface area contributed by atoms with Crippen LogP contribution in [0.4, 0.5) is 0 Å². The van der Waals surface area contributed by atoms with Crippen LogP contribution in [0, 0.1) is 33.1 Å². The van der Waals surface area contributed by atoms with Gasteiger partial charge in [0.1, 0.15) is 0 Å². The molecule has 0 saturated heterocycles. The van der Waals surface area contributed by atoms with E-state index < -0.39 is 0 Å². The summed E-state index contributed by atoms with van der Waals surface area (Å²) in [5, 5.41) is 10.7. The Morgan fingerprint density at radius 1 is 0.440 bits per heavy atom. The lowest BCUT2D eigenvalue weighted by Crippen LogP contribution is -1.96. The number of benzene rings is 9. The molecule has 75 heavy (non-hydrogen) atoms. The van der Waals surface area contributed by atoms with Crippen molar-refractivity contribution in [1.82, 2.24) is 0 Å². The first-order valence-electron chi connectivity index (χ1n) is 28.9. The summed E-state index contributed by atoms with van der Waals surface area (Å²) in [7, 11) is 0. The molecule has 0 radical (unpaired) electrons. The van der Waals surface area contributed by atoms with Gasteiger partial charge in [0.05, 0.1) is 0 Å². The highest BCUT2D eigenvalue weighted by Crippen LogP contribution is 2.43. The van der Waals surface area contributed by atoms with Crippen molar-refractivity contribution in [3.63, 3.8) is 0 Å². The maximum atomic E-state index is 4.60. The van der Waals surface area contributed by atoms with Gasteiger partial charge in [0.15, 0.2) is 0 Å². The van der Waals surface area contributed by atoms with E-state index in [0.29, 0.717) is 0 Å². The van der Waals surface area contributed by atoms with Crippen LogP contribution in [0.5, 0.6) is 0 Å². The Morgan fingerprint density at radius 3 is 1.33 bits per heavy atom. The van der Waals surface area contributed by atoms with E-state index >= 15 is 0 Å². The summed E-state index contributed by atoms with van der Waals surface area (Å²) < 4.78 is 0. The average Bonchev–Trinajstić information content (AvgIpc) is 3.47. The molecule has 0 N–H and O–H groups in total. The highest BCUT2D eigenvalue weighted by molar-refractivity contribution is 6.27. The van der Waals surface area contributed by atoms with Crippen LogP contribution in [0.25, 0.3) is 82.0 Å². The number of allylic oxidation sites excluding steroid dienone is 4. The molecule has 9 aromatic carbocycles. The van der Waals surface area contributed by atoms with E-state index in [1.54, 1.807) is 6.92 Å². The van der Waals surface area contributed by atoms with Gasteiger partial charge in [0.25, 0.3) is 0 Å². The predicted octanol–water partition coefficient (Wildman–Crippen LogP) is 24.6. The second-order valence-corrected chi connectivity index (χ2v) is 17.1. The van der Waals surface area contributed by atoms with E-state index in [2.05, 4.69) is 225 Å². The van der Waals surface area contributed by atoms with Crippen molar-refractivity contribution in [2.75, 3.05) is 0 Å². The molecule has 0 saturated carbocycles. The molecular weight excluding hydrogens is 901 g/mol. The zero-order valence-electron chi connectivity index (χ0n) is 50.7. The van der Waals surface area contributed by atoms with Gasteiger partial charge in [-0.3, -0.25) is 0 Å². The van der Waals surface area contributed by atoms with Gasteiger partial charge in [-0.05, 0) is 170 Å². The van der Waals surface area contributed by atoms with Crippen molar-refractivity contribution in [3.8, 4) is 45.7 Å². The van der Waals surface area contributed by atoms with Crippen LogP contribution in [0.3, 0.4) is 0 Å². The van der Waals surface area contributed by atoms with Crippen LogP contribution in [-0.4, -0.2) is 0 Å². The van der Waals surface area contributed by atoms with Gasteiger partial charge >= 0.3 is 0 Å². The van der Waals surface area contributed by atoms with E-state index in [1.807, 2.05) is 83.1 Å². The van der Waals surface area contributed by atoms with Crippen molar-refractivity contribution in [1.29, 1.82) is 0 Å². The first-order valence-corrected chi connectivity index (χ1v) is 28.9. The molecule has 0 heterocycles. The molecule has 0 aromatic heterocycles. The highest BCUT2D eigenvalue weighted by atomic mass is 14.2. The number of aryl methyl sites for hydroxylation is 4. The van der Waals surface area contributed by atoms with Crippen LogP contribution in [-0.2, 0) is 6.42 Å². The van der Waals surface area contributed by atoms with E-state index in [-0.39, 0.29) is 0 Å². The zero-order valence-corrected chi connectivity index (χ0v) is 50.7. The van der Waals surface area contributed by atoms with Gasteiger partial charge in [0.2, 0.25) is 0 Å². The maximum Gasteiger partial charge on any atom is -0.00203 e. The summed E-state index contributed by atoms with van der Waals surface area (Å²) in [4.78, 5) is 0. The summed E-state index contributed by atoms with van der Waals surface area (Å²) in [6.07, 6.45) is 15.0. The molecule has 0 spiro atoms. The van der Waals surface area contributed by atoms with E-state index in [4.69, 9.17) is 0 Å². The Kier molecular flexibility index (Phi) is 32.8. The van der Waals surface area contributed by atoms with Crippen molar-refractivity contribution in [3.05, 3.63) is 197 Å². The lowest BCUT2D eigenvalue weighted by molar-refractivity contribution is 0.922. The van der Waals surface area contributed by atoms with Gasteiger partial charge < -0.3 is 0 Å². The number of hydrogen-bond acceptors (Lipinski definition) is 0. The normalized spacial score (nSPS) is 10.6. The van der Waals surface area contributed by atoms with Gasteiger partial charge in [-0.15, -0.1) is 12.3 Å². The Morgan fingerprint density at radius 2 is 0.853 bits per heavy atom. The van der Waals surface area contributed by atoms with Crippen molar-refractivity contribution in [2.24, 2.45) is 0 Å². The quantitative estimate of drug-likeness (QED) is 0.115. The van der Waals surface area contributed by atoms with Crippen molar-refractivity contribution >= 4 is 48.7 Å². The predicted molar refractivity (Wildman–Crippen MR) is 348 cm³/mol. The molecule has 0 fully saturated rings. The largest absolute Gasteiger partial charge is 0.120 e. The molecule has 1 aliphatic rings. The van der Waals surface area contributed by atoms with Gasteiger partial charge in [-0.1, -0.05) is 280 Å². The molecule has 0 unspecified atom stereocenters. The standard InChI is InChI=1S/C32H26.C25H24.C3H8.C3H4.6C2H6/c1-3-4-22-7-11-24(12-8-22)28-18-14-26-15-19-29-27(23-9-5-21(2)6-10-23)17-13-25-16-20-30(28)32(26)31(25)29;1-17-8-4-5-10-22(17)25-16-20(14-12-19(25)3)23-15-13-18(2)21-9-6-7-11-24(21)23;2*1-3-2;6*1-2/h5-20H,3-4H2,1-2H3;4,6-9,11-16H,5,10H2,1-3H3;3H2,1-2H3;1H,2H3;6*1-2H3. The number of hydrogen-bond donors (Lipinski definition) is 0. The Balaban J connectivity index is 0.000000584. The summed E-state index contributed by atoms with van der Waals surface area (Å²) in [5.74, 6) is 2.25. The molecule has 10 rings (SSSR count). The fourth-order valence-electron chi connectivity index (χ4n) is 9.13. The summed E-state index contributed by atoms with van der Waals surface area (Å²) in [6.45, 7) is 40.9. The minimum Gasteiger partial charge on any atom is -0.120 e. The summed E-state index contributed by atoms with van der Waals surface area (Å²) in [5.41, 5.74) is 17.5. The molecular formula is C75H98. The maximum absolute atomic E-state index is 4.60. The minimum absolute atomic E-state index is 1.14. The third-order valence-corrected chi connectivity index (χ3v) is 12.3. The van der Waals surface area contributed by atoms with Gasteiger partial charge in [-0.25, -0.2) is 0 Å². The molecule has 0 aliphatic heterocycles. The van der Waals surface area contributed by atoms with Crippen LogP contribution in [0.1, 0.15) is 171 Å². The summed E-state index contributed by atoms with van der Waals surface area (Å²) >= 11 is 0. The monoisotopic (exact) mass is 999 g/mol. The third-order valence-electron chi connectivity index (χ3n) is 12.3. The first-order chi connectivity index (χ1) is 36.7. The lowest BCUT2D eigenvalue weighted by Gasteiger charge is -2.18. The zero-order chi connectivity index (χ0) is 56.5. The molecule has 9 aromatic rings. The van der Waals surface area contributed by atoms with Crippen LogP contribution in [0.2, 0.25) is 0 Å². The minimum atomic E-state index is 1.14. The van der Waals surface area contributed by atoms with Crippen LogP contribution >= 0.6 is 0 Å². The van der Waals surface area contributed by atoms with E-state index in [9.17, 15) is 0 Å². The second-order valence-electron chi connectivity index (χ2n) is 17.1. The van der Waals surface area contributed by atoms with Gasteiger partial charge in [-0.2, -0.15) is 0 Å². The molecule has 0 heteroatoms. The number of rotatable bonds is 6. The molecule has 0 atom stereocenters. The number of fused-ring (bicyclic) bond motifs is 1. The number of terminal acetylenes is 1. The fourth-order valence-corrected chi connectivity index (χ4v) is 9.13. The Bertz CT molecular complexity index is 3090. The molecule has 0 amide bonds. The second kappa shape index (κ2) is 37.1.